The molecule has 0 radical (unpaired) electrons. The maximum atomic E-state index is 11.8. The number of allylic oxidation sites excluding steroid dienone is 1. The van der Waals surface area contributed by atoms with E-state index in [2.05, 4.69) is 10.6 Å². The third kappa shape index (κ3) is 3.77. The first kappa shape index (κ1) is 12.3. The van der Waals surface area contributed by atoms with Crippen molar-refractivity contribution in [3.63, 3.8) is 0 Å². The predicted octanol–water partition coefficient (Wildman–Crippen LogP) is 1.93. The van der Waals surface area contributed by atoms with Gasteiger partial charge in [0.25, 0.3) is 0 Å². The molecule has 3 heteroatoms. The van der Waals surface area contributed by atoms with Crippen LogP contribution in [0.25, 0.3) is 0 Å². The fourth-order valence-corrected chi connectivity index (χ4v) is 1.36. The molecule has 16 heavy (non-hydrogen) atoms. The summed E-state index contributed by atoms with van der Waals surface area (Å²) in [5.74, 6) is 0.788. The van der Waals surface area contributed by atoms with Crippen molar-refractivity contribution in [2.75, 3.05) is 13.1 Å². The van der Waals surface area contributed by atoms with Crippen molar-refractivity contribution in [3.05, 3.63) is 47.8 Å². The van der Waals surface area contributed by atoms with Gasteiger partial charge in [-0.05, 0) is 13.8 Å². The molecule has 0 aliphatic rings. The normalized spacial score (nSPS) is 9.38. The summed E-state index contributed by atoms with van der Waals surface area (Å²) in [7, 11) is 0. The maximum absolute atomic E-state index is 11.8. The minimum absolute atomic E-state index is 0.0116. The Morgan fingerprint density at radius 1 is 1.12 bits per heavy atom. The second-order valence-electron chi connectivity index (χ2n) is 3.35. The molecule has 0 aromatic heterocycles. The number of hydrogen-bond acceptors (Lipinski definition) is 3. The summed E-state index contributed by atoms with van der Waals surface area (Å²) in [6.07, 6.45) is 1.60. The standard InChI is InChI=1S/C13H18N2O/c1-3-14-13(15-4-2)10-12(16)11-8-6-5-7-9-11/h5-10,14-15H,3-4H2,1-2H3. The summed E-state index contributed by atoms with van der Waals surface area (Å²) < 4.78 is 0. The molecule has 1 rings (SSSR count). The first-order valence-corrected chi connectivity index (χ1v) is 5.56. The molecule has 0 aliphatic carbocycles. The van der Waals surface area contributed by atoms with E-state index in [1.165, 1.54) is 0 Å². The highest BCUT2D eigenvalue weighted by Gasteiger charge is 2.03. The van der Waals surface area contributed by atoms with Gasteiger partial charge in [-0.3, -0.25) is 4.79 Å². The fourth-order valence-electron chi connectivity index (χ4n) is 1.36. The minimum atomic E-state index is 0.0116. The van der Waals surface area contributed by atoms with Crippen LogP contribution in [0.4, 0.5) is 0 Å². The lowest BCUT2D eigenvalue weighted by molar-refractivity contribution is 0.104. The Hall–Kier alpha value is -1.77. The average molecular weight is 218 g/mol. The van der Waals surface area contributed by atoms with E-state index in [0.717, 1.165) is 18.9 Å². The Balaban J connectivity index is 2.76. The molecule has 86 valence electrons. The Bertz CT molecular complexity index is 349. The van der Waals surface area contributed by atoms with E-state index >= 15 is 0 Å². The summed E-state index contributed by atoms with van der Waals surface area (Å²) in [4.78, 5) is 11.8. The molecular weight excluding hydrogens is 200 g/mol. The van der Waals surface area contributed by atoms with Gasteiger partial charge < -0.3 is 10.6 Å². The van der Waals surface area contributed by atoms with Gasteiger partial charge in [0.1, 0.15) is 5.82 Å². The van der Waals surface area contributed by atoms with Crippen molar-refractivity contribution in [2.24, 2.45) is 0 Å². The highest BCUT2D eigenvalue weighted by Crippen LogP contribution is 2.01. The van der Waals surface area contributed by atoms with Crippen LogP contribution in [-0.2, 0) is 0 Å². The monoisotopic (exact) mass is 218 g/mol. The molecule has 1 aromatic carbocycles. The summed E-state index contributed by atoms with van der Waals surface area (Å²) in [6.45, 7) is 5.58. The third-order valence-electron chi connectivity index (χ3n) is 2.07. The Kier molecular flexibility index (Phi) is 5.12. The summed E-state index contributed by atoms with van der Waals surface area (Å²) in [5, 5.41) is 6.23. The van der Waals surface area contributed by atoms with Crippen LogP contribution in [0.5, 0.6) is 0 Å². The van der Waals surface area contributed by atoms with Gasteiger partial charge in [0, 0.05) is 24.7 Å². The topological polar surface area (TPSA) is 41.1 Å². The molecule has 3 nitrogen and oxygen atoms in total. The van der Waals surface area contributed by atoms with Crippen LogP contribution in [0.3, 0.4) is 0 Å². The van der Waals surface area contributed by atoms with Gasteiger partial charge in [-0.15, -0.1) is 0 Å². The predicted molar refractivity (Wildman–Crippen MR) is 66.2 cm³/mol. The zero-order valence-electron chi connectivity index (χ0n) is 9.79. The molecule has 0 atom stereocenters. The molecule has 0 heterocycles. The first-order valence-electron chi connectivity index (χ1n) is 5.56. The Morgan fingerprint density at radius 3 is 2.19 bits per heavy atom. The largest absolute Gasteiger partial charge is 0.372 e. The molecule has 0 fully saturated rings. The van der Waals surface area contributed by atoms with Crippen LogP contribution in [-0.4, -0.2) is 18.9 Å². The van der Waals surface area contributed by atoms with E-state index in [4.69, 9.17) is 0 Å². The van der Waals surface area contributed by atoms with Gasteiger partial charge in [0.05, 0.1) is 0 Å². The lowest BCUT2D eigenvalue weighted by Gasteiger charge is -2.09. The first-order chi connectivity index (χ1) is 7.77. The molecule has 0 aliphatic heterocycles. The zero-order chi connectivity index (χ0) is 11.8. The second-order valence-corrected chi connectivity index (χ2v) is 3.35. The van der Waals surface area contributed by atoms with Crippen LogP contribution in [0.2, 0.25) is 0 Å². The minimum Gasteiger partial charge on any atom is -0.372 e. The fraction of sp³-hybridized carbons (Fsp3) is 0.308. The number of nitrogens with one attached hydrogen (secondary N) is 2. The molecule has 0 bridgehead atoms. The van der Waals surface area contributed by atoms with Gasteiger partial charge >= 0.3 is 0 Å². The van der Waals surface area contributed by atoms with Crippen LogP contribution in [0.15, 0.2) is 42.2 Å². The molecule has 1 aromatic rings. The van der Waals surface area contributed by atoms with Crippen LogP contribution in [0.1, 0.15) is 24.2 Å². The van der Waals surface area contributed by atoms with Crippen molar-refractivity contribution >= 4 is 5.78 Å². The van der Waals surface area contributed by atoms with Gasteiger partial charge in [-0.25, -0.2) is 0 Å². The quantitative estimate of drug-likeness (QED) is 0.566. The van der Waals surface area contributed by atoms with Crippen LogP contribution >= 0.6 is 0 Å². The average Bonchev–Trinajstić information content (AvgIpc) is 2.31. The molecule has 2 N–H and O–H groups in total. The van der Waals surface area contributed by atoms with Gasteiger partial charge in [0.15, 0.2) is 5.78 Å². The molecule has 0 amide bonds. The van der Waals surface area contributed by atoms with E-state index in [1.807, 2.05) is 44.2 Å². The van der Waals surface area contributed by atoms with Crippen LogP contribution < -0.4 is 10.6 Å². The van der Waals surface area contributed by atoms with Crippen molar-refractivity contribution < 1.29 is 4.79 Å². The number of benzene rings is 1. The van der Waals surface area contributed by atoms with Crippen LogP contribution in [0, 0.1) is 0 Å². The van der Waals surface area contributed by atoms with Gasteiger partial charge in [-0.1, -0.05) is 30.3 Å². The molecule has 0 spiro atoms. The lowest BCUT2D eigenvalue weighted by atomic mass is 10.1. The number of carbonyl (C=O) groups is 1. The van der Waals surface area contributed by atoms with E-state index in [0.29, 0.717) is 5.56 Å². The maximum Gasteiger partial charge on any atom is 0.189 e. The molecule has 0 unspecified atom stereocenters. The Labute approximate surface area is 96.6 Å². The SMILES string of the molecule is CCNC(=CC(=O)c1ccccc1)NCC. The number of rotatable bonds is 6. The highest BCUT2D eigenvalue weighted by atomic mass is 16.1. The van der Waals surface area contributed by atoms with Gasteiger partial charge in [0.2, 0.25) is 0 Å². The number of carbonyl (C=O) groups excluding carboxylic acids is 1. The van der Waals surface area contributed by atoms with E-state index in [1.54, 1.807) is 6.08 Å². The lowest BCUT2D eigenvalue weighted by Crippen LogP contribution is -2.26. The summed E-state index contributed by atoms with van der Waals surface area (Å²) in [6, 6.07) is 9.25. The second kappa shape index (κ2) is 6.67. The van der Waals surface area contributed by atoms with E-state index in [9.17, 15) is 4.79 Å². The zero-order valence-corrected chi connectivity index (χ0v) is 9.79. The summed E-state index contributed by atoms with van der Waals surface area (Å²) in [5.41, 5.74) is 0.704. The van der Waals surface area contributed by atoms with Crippen molar-refractivity contribution in [3.8, 4) is 0 Å². The van der Waals surface area contributed by atoms with Crippen molar-refractivity contribution in [2.45, 2.75) is 13.8 Å². The molecular formula is C13H18N2O. The molecule has 0 saturated heterocycles. The summed E-state index contributed by atoms with van der Waals surface area (Å²) >= 11 is 0. The third-order valence-corrected chi connectivity index (χ3v) is 2.07. The van der Waals surface area contributed by atoms with Crippen molar-refractivity contribution in [1.29, 1.82) is 0 Å². The Morgan fingerprint density at radius 2 is 1.69 bits per heavy atom. The molecule has 0 saturated carbocycles. The smallest absolute Gasteiger partial charge is 0.189 e. The highest BCUT2D eigenvalue weighted by molar-refractivity contribution is 6.04. The van der Waals surface area contributed by atoms with Crippen molar-refractivity contribution in [1.82, 2.24) is 10.6 Å². The van der Waals surface area contributed by atoms with E-state index < -0.39 is 0 Å². The van der Waals surface area contributed by atoms with Gasteiger partial charge in [-0.2, -0.15) is 0 Å². The number of hydrogen-bond donors (Lipinski definition) is 2. The van der Waals surface area contributed by atoms with E-state index in [-0.39, 0.29) is 5.78 Å². The number of ketones is 1.